The average Bonchev–Trinajstić information content (AvgIpc) is 2.94. The molecule has 0 atom stereocenters. The first kappa shape index (κ1) is 16.2. The molecule has 0 bridgehead atoms. The Balaban J connectivity index is 1.85. The Labute approximate surface area is 131 Å². The van der Waals surface area contributed by atoms with Crippen LogP contribution < -0.4 is 5.32 Å². The van der Waals surface area contributed by atoms with Gasteiger partial charge in [-0.05, 0) is 24.8 Å². The van der Waals surface area contributed by atoms with Gasteiger partial charge in [-0.25, -0.2) is 0 Å². The predicted molar refractivity (Wildman–Crippen MR) is 85.3 cm³/mol. The molecular formula is C17H23N3O2. The third-order valence-electron chi connectivity index (χ3n) is 3.46. The van der Waals surface area contributed by atoms with Crippen LogP contribution in [0.15, 0.2) is 28.8 Å². The standard InChI is InChI=1S/C17H23N3O2/c1-12(2)10-11-18-15(21)8-9-16-19-17(20-22-16)14-7-5-4-6-13(14)3/h4-7,12H,8-11H2,1-3H3,(H,18,21). The van der Waals surface area contributed by atoms with E-state index in [9.17, 15) is 4.79 Å². The molecule has 1 aromatic carbocycles. The molecule has 0 aliphatic rings. The van der Waals surface area contributed by atoms with E-state index in [-0.39, 0.29) is 5.91 Å². The number of nitrogens with one attached hydrogen (secondary N) is 1. The summed E-state index contributed by atoms with van der Waals surface area (Å²) >= 11 is 0. The highest BCUT2D eigenvalue weighted by atomic mass is 16.5. The van der Waals surface area contributed by atoms with Gasteiger partial charge < -0.3 is 9.84 Å². The number of hydrogen-bond donors (Lipinski definition) is 1. The number of benzene rings is 1. The molecule has 22 heavy (non-hydrogen) atoms. The lowest BCUT2D eigenvalue weighted by atomic mass is 10.1. The molecule has 1 amide bonds. The van der Waals surface area contributed by atoms with Gasteiger partial charge >= 0.3 is 0 Å². The molecule has 1 aromatic heterocycles. The van der Waals surface area contributed by atoms with Crippen molar-refractivity contribution >= 4 is 5.91 Å². The van der Waals surface area contributed by atoms with Crippen LogP contribution >= 0.6 is 0 Å². The topological polar surface area (TPSA) is 68.0 Å². The first-order valence-corrected chi connectivity index (χ1v) is 7.71. The number of hydrogen-bond acceptors (Lipinski definition) is 4. The second-order valence-electron chi connectivity index (χ2n) is 5.86. The van der Waals surface area contributed by atoms with Crippen molar-refractivity contribution in [1.82, 2.24) is 15.5 Å². The molecule has 5 nitrogen and oxygen atoms in total. The Hall–Kier alpha value is -2.17. The van der Waals surface area contributed by atoms with Crippen LogP contribution in [0.2, 0.25) is 0 Å². The Bertz CT molecular complexity index is 620. The third-order valence-corrected chi connectivity index (χ3v) is 3.46. The summed E-state index contributed by atoms with van der Waals surface area (Å²) in [5.41, 5.74) is 2.06. The van der Waals surface area contributed by atoms with Crippen molar-refractivity contribution in [2.24, 2.45) is 5.92 Å². The minimum Gasteiger partial charge on any atom is -0.356 e. The van der Waals surface area contributed by atoms with Gasteiger partial charge in [-0.1, -0.05) is 43.3 Å². The summed E-state index contributed by atoms with van der Waals surface area (Å²) in [6.45, 7) is 7.00. The van der Waals surface area contributed by atoms with Crippen molar-refractivity contribution in [1.29, 1.82) is 0 Å². The van der Waals surface area contributed by atoms with Gasteiger partial charge in [0.05, 0.1) is 0 Å². The van der Waals surface area contributed by atoms with Crippen LogP contribution in [-0.2, 0) is 11.2 Å². The highest BCUT2D eigenvalue weighted by molar-refractivity contribution is 5.76. The van der Waals surface area contributed by atoms with Crippen molar-refractivity contribution in [2.45, 2.75) is 40.0 Å². The van der Waals surface area contributed by atoms with Gasteiger partial charge in [-0.3, -0.25) is 4.79 Å². The molecule has 0 aliphatic heterocycles. The molecule has 0 spiro atoms. The fraction of sp³-hybridized carbons (Fsp3) is 0.471. The Kier molecular flexibility index (Phi) is 5.69. The van der Waals surface area contributed by atoms with Crippen LogP contribution in [0.25, 0.3) is 11.4 Å². The molecule has 0 saturated heterocycles. The number of aromatic nitrogens is 2. The average molecular weight is 301 g/mol. The quantitative estimate of drug-likeness (QED) is 0.853. The van der Waals surface area contributed by atoms with Gasteiger partial charge in [0.25, 0.3) is 0 Å². The maximum absolute atomic E-state index is 11.7. The van der Waals surface area contributed by atoms with E-state index in [4.69, 9.17) is 4.52 Å². The monoisotopic (exact) mass is 301 g/mol. The molecule has 2 rings (SSSR count). The van der Waals surface area contributed by atoms with Crippen LogP contribution in [0.3, 0.4) is 0 Å². The SMILES string of the molecule is Cc1ccccc1-c1noc(CCC(=O)NCCC(C)C)n1. The largest absolute Gasteiger partial charge is 0.356 e. The number of aryl methyl sites for hydroxylation is 2. The van der Waals surface area contributed by atoms with Crippen LogP contribution in [0.5, 0.6) is 0 Å². The zero-order chi connectivity index (χ0) is 15.9. The number of carbonyl (C=O) groups excluding carboxylic acids is 1. The second kappa shape index (κ2) is 7.73. The number of nitrogens with zero attached hydrogens (tertiary/aromatic N) is 2. The van der Waals surface area contributed by atoms with E-state index in [0.29, 0.717) is 30.5 Å². The molecule has 2 aromatic rings. The second-order valence-corrected chi connectivity index (χ2v) is 5.86. The first-order chi connectivity index (χ1) is 10.6. The Morgan fingerprint density at radius 1 is 1.32 bits per heavy atom. The van der Waals surface area contributed by atoms with Gasteiger partial charge in [0, 0.05) is 24.9 Å². The summed E-state index contributed by atoms with van der Waals surface area (Å²) in [7, 11) is 0. The number of rotatable bonds is 7. The molecule has 5 heteroatoms. The minimum absolute atomic E-state index is 0.0243. The summed E-state index contributed by atoms with van der Waals surface area (Å²) in [5, 5.41) is 6.90. The molecule has 0 fully saturated rings. The summed E-state index contributed by atoms with van der Waals surface area (Å²) in [6, 6.07) is 7.89. The van der Waals surface area contributed by atoms with Gasteiger partial charge in [0.2, 0.25) is 17.6 Å². The molecule has 1 N–H and O–H groups in total. The lowest BCUT2D eigenvalue weighted by Crippen LogP contribution is -2.25. The van der Waals surface area contributed by atoms with E-state index in [1.165, 1.54) is 0 Å². The summed E-state index contributed by atoms with van der Waals surface area (Å²) < 4.78 is 5.23. The molecule has 0 radical (unpaired) electrons. The molecule has 0 saturated carbocycles. The van der Waals surface area contributed by atoms with Crippen molar-refractivity contribution in [3.8, 4) is 11.4 Å². The fourth-order valence-corrected chi connectivity index (χ4v) is 2.10. The zero-order valence-electron chi connectivity index (χ0n) is 13.4. The smallest absolute Gasteiger partial charge is 0.227 e. The summed E-state index contributed by atoms with van der Waals surface area (Å²) in [5.74, 6) is 1.69. The van der Waals surface area contributed by atoms with Crippen molar-refractivity contribution in [3.05, 3.63) is 35.7 Å². The third kappa shape index (κ3) is 4.69. The number of carbonyl (C=O) groups is 1. The lowest BCUT2D eigenvalue weighted by molar-refractivity contribution is -0.121. The normalized spacial score (nSPS) is 10.9. The van der Waals surface area contributed by atoms with Gasteiger partial charge in [0.1, 0.15) is 0 Å². The zero-order valence-corrected chi connectivity index (χ0v) is 13.4. The minimum atomic E-state index is 0.0243. The van der Waals surface area contributed by atoms with E-state index >= 15 is 0 Å². The van der Waals surface area contributed by atoms with Gasteiger partial charge in [-0.2, -0.15) is 4.98 Å². The van der Waals surface area contributed by atoms with Gasteiger partial charge in [0.15, 0.2) is 0 Å². The fourth-order valence-electron chi connectivity index (χ4n) is 2.10. The van der Waals surface area contributed by atoms with Crippen LogP contribution in [0, 0.1) is 12.8 Å². The highest BCUT2D eigenvalue weighted by Crippen LogP contribution is 2.20. The van der Waals surface area contributed by atoms with Crippen LogP contribution in [0.4, 0.5) is 0 Å². The maximum Gasteiger partial charge on any atom is 0.227 e. The van der Waals surface area contributed by atoms with E-state index in [2.05, 4.69) is 29.3 Å². The summed E-state index contributed by atoms with van der Waals surface area (Å²) in [4.78, 5) is 16.1. The molecule has 0 aliphatic carbocycles. The van der Waals surface area contributed by atoms with E-state index in [1.54, 1.807) is 0 Å². The predicted octanol–water partition coefficient (Wildman–Crippen LogP) is 3.14. The Morgan fingerprint density at radius 2 is 2.09 bits per heavy atom. The summed E-state index contributed by atoms with van der Waals surface area (Å²) in [6.07, 6.45) is 1.82. The highest BCUT2D eigenvalue weighted by Gasteiger charge is 2.11. The van der Waals surface area contributed by atoms with Crippen molar-refractivity contribution in [3.63, 3.8) is 0 Å². The van der Waals surface area contributed by atoms with Crippen LogP contribution in [0.1, 0.15) is 38.1 Å². The molecule has 118 valence electrons. The lowest BCUT2D eigenvalue weighted by Gasteiger charge is -2.05. The van der Waals surface area contributed by atoms with Gasteiger partial charge in [-0.15, -0.1) is 0 Å². The molecule has 1 heterocycles. The molecular weight excluding hydrogens is 278 g/mol. The van der Waals surface area contributed by atoms with Crippen molar-refractivity contribution in [2.75, 3.05) is 6.54 Å². The first-order valence-electron chi connectivity index (χ1n) is 7.71. The number of amides is 1. The Morgan fingerprint density at radius 3 is 2.82 bits per heavy atom. The van der Waals surface area contributed by atoms with Crippen LogP contribution in [-0.4, -0.2) is 22.6 Å². The molecule has 0 unspecified atom stereocenters. The van der Waals surface area contributed by atoms with E-state index in [0.717, 1.165) is 24.1 Å². The van der Waals surface area contributed by atoms with E-state index < -0.39 is 0 Å². The van der Waals surface area contributed by atoms with Crippen molar-refractivity contribution < 1.29 is 9.32 Å². The maximum atomic E-state index is 11.7. The van der Waals surface area contributed by atoms with E-state index in [1.807, 2.05) is 31.2 Å².